The van der Waals surface area contributed by atoms with Gasteiger partial charge in [0.15, 0.2) is 6.04 Å². The second-order valence-corrected chi connectivity index (χ2v) is 6.58. The summed E-state index contributed by atoms with van der Waals surface area (Å²) in [5.74, 6) is 0.414. The van der Waals surface area contributed by atoms with Crippen molar-refractivity contribution in [2.75, 3.05) is 6.54 Å². The molecule has 0 saturated heterocycles. The van der Waals surface area contributed by atoms with E-state index in [2.05, 4.69) is 31.3 Å². The maximum absolute atomic E-state index is 13.0. The fourth-order valence-corrected chi connectivity index (χ4v) is 3.30. The standard InChI is InChI=1S/C18H22N8O/c1-13-21-23-24-26(13)17(14-6-3-2-4-7-14)18(27)20-11-15-10-16-12-19-8-5-9-25(16)22-15/h2-4,6-7,10,17,19H,5,8-9,11-12H2,1H3,(H,20,27)/t17-/m0/s1. The molecule has 1 aliphatic heterocycles. The molecule has 1 aliphatic rings. The zero-order chi connectivity index (χ0) is 18.6. The van der Waals surface area contributed by atoms with Crippen LogP contribution >= 0.6 is 0 Å². The third-order valence-electron chi connectivity index (χ3n) is 4.65. The van der Waals surface area contributed by atoms with E-state index in [1.165, 1.54) is 4.68 Å². The predicted molar refractivity (Wildman–Crippen MR) is 97.5 cm³/mol. The molecular weight excluding hydrogens is 344 g/mol. The molecule has 27 heavy (non-hydrogen) atoms. The van der Waals surface area contributed by atoms with Crippen molar-refractivity contribution in [3.63, 3.8) is 0 Å². The van der Waals surface area contributed by atoms with E-state index in [1.54, 1.807) is 6.92 Å². The lowest BCUT2D eigenvalue weighted by Gasteiger charge is -2.17. The minimum atomic E-state index is -0.622. The fourth-order valence-electron chi connectivity index (χ4n) is 3.30. The zero-order valence-corrected chi connectivity index (χ0v) is 15.2. The smallest absolute Gasteiger partial charge is 0.249 e. The van der Waals surface area contributed by atoms with Gasteiger partial charge in [-0.3, -0.25) is 9.48 Å². The molecule has 4 rings (SSSR count). The van der Waals surface area contributed by atoms with Gasteiger partial charge in [0.1, 0.15) is 5.82 Å². The van der Waals surface area contributed by atoms with Crippen LogP contribution in [0.5, 0.6) is 0 Å². The van der Waals surface area contributed by atoms with Crippen molar-refractivity contribution < 1.29 is 4.79 Å². The minimum absolute atomic E-state index is 0.169. The molecule has 0 spiro atoms. The highest BCUT2D eigenvalue weighted by Gasteiger charge is 2.25. The Hall–Kier alpha value is -3.07. The normalized spacial score (nSPS) is 15.0. The number of amides is 1. The molecule has 0 unspecified atom stereocenters. The Morgan fingerprint density at radius 1 is 1.33 bits per heavy atom. The van der Waals surface area contributed by atoms with Gasteiger partial charge in [-0.1, -0.05) is 30.3 Å². The Bertz CT molecular complexity index is 893. The molecule has 2 N–H and O–H groups in total. The fraction of sp³-hybridized carbons (Fsp3) is 0.389. The van der Waals surface area contributed by atoms with Gasteiger partial charge in [0, 0.05) is 13.1 Å². The molecule has 1 aromatic carbocycles. The summed E-state index contributed by atoms with van der Waals surface area (Å²) < 4.78 is 3.55. The Balaban J connectivity index is 1.52. The van der Waals surface area contributed by atoms with Crippen molar-refractivity contribution >= 4 is 5.91 Å². The topological polar surface area (TPSA) is 103 Å². The molecule has 140 valence electrons. The predicted octanol–water partition coefficient (Wildman–Crippen LogP) is 0.577. The highest BCUT2D eigenvalue weighted by Crippen LogP contribution is 2.18. The van der Waals surface area contributed by atoms with Crippen LogP contribution < -0.4 is 10.6 Å². The van der Waals surface area contributed by atoms with Crippen LogP contribution in [0, 0.1) is 6.92 Å². The molecule has 0 aliphatic carbocycles. The first-order valence-corrected chi connectivity index (χ1v) is 9.06. The van der Waals surface area contributed by atoms with E-state index in [0.717, 1.165) is 43.0 Å². The molecule has 0 saturated carbocycles. The summed E-state index contributed by atoms with van der Waals surface area (Å²) in [7, 11) is 0. The van der Waals surface area contributed by atoms with Gasteiger partial charge in [0.05, 0.1) is 17.9 Å². The summed E-state index contributed by atoms with van der Waals surface area (Å²) >= 11 is 0. The molecule has 3 aromatic rings. The first kappa shape index (κ1) is 17.3. The summed E-state index contributed by atoms with van der Waals surface area (Å²) in [4.78, 5) is 13.0. The van der Waals surface area contributed by atoms with E-state index in [4.69, 9.17) is 0 Å². The van der Waals surface area contributed by atoms with Crippen LogP contribution in [0.3, 0.4) is 0 Å². The largest absolute Gasteiger partial charge is 0.348 e. The highest BCUT2D eigenvalue weighted by atomic mass is 16.2. The first-order valence-electron chi connectivity index (χ1n) is 9.06. The molecule has 9 heteroatoms. The summed E-state index contributed by atoms with van der Waals surface area (Å²) in [5.41, 5.74) is 2.82. The van der Waals surface area contributed by atoms with E-state index in [0.29, 0.717) is 12.4 Å². The van der Waals surface area contributed by atoms with Crippen LogP contribution in [-0.2, 0) is 24.4 Å². The zero-order valence-electron chi connectivity index (χ0n) is 15.2. The van der Waals surface area contributed by atoms with Gasteiger partial charge in [-0.2, -0.15) is 5.10 Å². The van der Waals surface area contributed by atoms with Crippen molar-refractivity contribution in [2.45, 2.75) is 39.0 Å². The van der Waals surface area contributed by atoms with E-state index in [9.17, 15) is 4.79 Å². The summed E-state index contributed by atoms with van der Waals surface area (Å²) in [6.07, 6.45) is 1.05. The van der Waals surface area contributed by atoms with Crippen LogP contribution in [0.1, 0.15) is 35.2 Å². The summed E-state index contributed by atoms with van der Waals surface area (Å²) in [6, 6.07) is 10.9. The van der Waals surface area contributed by atoms with E-state index < -0.39 is 6.04 Å². The van der Waals surface area contributed by atoms with Crippen LogP contribution in [0.4, 0.5) is 0 Å². The van der Waals surface area contributed by atoms with Gasteiger partial charge in [-0.05, 0) is 41.9 Å². The second kappa shape index (κ2) is 7.67. The first-order chi connectivity index (χ1) is 13.2. The lowest BCUT2D eigenvalue weighted by atomic mass is 10.1. The number of carbonyl (C=O) groups excluding carboxylic acids is 1. The van der Waals surface area contributed by atoms with E-state index in [-0.39, 0.29) is 5.91 Å². The van der Waals surface area contributed by atoms with Gasteiger partial charge >= 0.3 is 0 Å². The Morgan fingerprint density at radius 3 is 2.96 bits per heavy atom. The Kier molecular flexibility index (Phi) is 4.93. The molecule has 1 atom stereocenters. The highest BCUT2D eigenvalue weighted by molar-refractivity contribution is 5.83. The molecule has 9 nitrogen and oxygen atoms in total. The lowest BCUT2D eigenvalue weighted by Crippen LogP contribution is -2.34. The monoisotopic (exact) mass is 366 g/mol. The van der Waals surface area contributed by atoms with Crippen LogP contribution in [0.15, 0.2) is 36.4 Å². The second-order valence-electron chi connectivity index (χ2n) is 6.58. The molecule has 1 amide bonds. The van der Waals surface area contributed by atoms with Crippen molar-refractivity contribution in [1.29, 1.82) is 0 Å². The van der Waals surface area contributed by atoms with Crippen molar-refractivity contribution in [3.05, 3.63) is 59.2 Å². The molecular formula is C18H22N8O. The van der Waals surface area contributed by atoms with E-state index >= 15 is 0 Å². The van der Waals surface area contributed by atoms with Crippen LogP contribution in [-0.4, -0.2) is 42.4 Å². The molecule has 0 radical (unpaired) electrons. The van der Waals surface area contributed by atoms with Gasteiger partial charge in [-0.25, -0.2) is 4.68 Å². The number of benzene rings is 1. The summed E-state index contributed by atoms with van der Waals surface area (Å²) in [6.45, 7) is 4.84. The van der Waals surface area contributed by atoms with Gasteiger partial charge < -0.3 is 10.6 Å². The number of tetrazole rings is 1. The molecule has 0 fully saturated rings. The molecule has 3 heterocycles. The van der Waals surface area contributed by atoms with Crippen molar-refractivity contribution in [3.8, 4) is 0 Å². The number of rotatable bonds is 5. The molecule has 0 bridgehead atoms. The number of carbonyl (C=O) groups is 1. The van der Waals surface area contributed by atoms with Crippen LogP contribution in [0.2, 0.25) is 0 Å². The average Bonchev–Trinajstić information content (AvgIpc) is 3.21. The number of hydrogen-bond acceptors (Lipinski definition) is 6. The van der Waals surface area contributed by atoms with Crippen molar-refractivity contribution in [1.82, 2.24) is 40.6 Å². The number of aryl methyl sites for hydroxylation is 2. The number of fused-ring (bicyclic) bond motifs is 1. The van der Waals surface area contributed by atoms with Gasteiger partial charge in [-0.15, -0.1) is 5.10 Å². The minimum Gasteiger partial charge on any atom is -0.348 e. The quantitative estimate of drug-likeness (QED) is 0.685. The third kappa shape index (κ3) is 3.72. The number of hydrogen-bond donors (Lipinski definition) is 2. The Labute approximate surface area is 156 Å². The van der Waals surface area contributed by atoms with Gasteiger partial charge in [0.2, 0.25) is 5.91 Å². The third-order valence-corrected chi connectivity index (χ3v) is 4.65. The maximum atomic E-state index is 13.0. The molecule has 2 aromatic heterocycles. The van der Waals surface area contributed by atoms with Crippen LogP contribution in [0.25, 0.3) is 0 Å². The summed E-state index contributed by atoms with van der Waals surface area (Å²) in [5, 5.41) is 22.6. The van der Waals surface area contributed by atoms with Crippen molar-refractivity contribution in [2.24, 2.45) is 0 Å². The average molecular weight is 366 g/mol. The Morgan fingerprint density at radius 2 is 2.19 bits per heavy atom. The van der Waals surface area contributed by atoms with Gasteiger partial charge in [0.25, 0.3) is 0 Å². The van der Waals surface area contributed by atoms with E-state index in [1.807, 2.05) is 41.1 Å². The lowest BCUT2D eigenvalue weighted by molar-refractivity contribution is -0.123. The number of nitrogens with one attached hydrogen (secondary N) is 2. The number of aromatic nitrogens is 6. The number of nitrogens with zero attached hydrogens (tertiary/aromatic N) is 6. The SMILES string of the molecule is Cc1nnnn1[C@H](C(=O)NCc1cc2n(n1)CCCNC2)c1ccccc1. The maximum Gasteiger partial charge on any atom is 0.249 e.